The molecule has 1 aromatic heterocycles. The number of hydrogen-bond donors (Lipinski definition) is 1. The maximum atomic E-state index is 11.7. The molecule has 0 amide bonds. The van der Waals surface area contributed by atoms with Crippen LogP contribution >= 0.6 is 23.3 Å². The van der Waals surface area contributed by atoms with Gasteiger partial charge >= 0.3 is 5.97 Å². The predicted octanol–water partition coefficient (Wildman–Crippen LogP) is 2.98. The average molecular weight is 259 g/mol. The molecule has 0 radical (unpaired) electrons. The van der Waals surface area contributed by atoms with Crippen LogP contribution in [0.2, 0.25) is 0 Å². The Morgan fingerprint density at radius 3 is 2.81 bits per heavy atom. The van der Waals surface area contributed by atoms with Crippen LogP contribution in [-0.2, 0) is 16.9 Å². The third-order valence-electron chi connectivity index (χ3n) is 2.00. The summed E-state index contributed by atoms with van der Waals surface area (Å²) in [5.41, 5.74) is 1.15. The fourth-order valence-electron chi connectivity index (χ4n) is 1.35. The van der Waals surface area contributed by atoms with Crippen LogP contribution in [0.25, 0.3) is 0 Å². The van der Waals surface area contributed by atoms with Crippen molar-refractivity contribution in [2.45, 2.75) is 39.0 Å². The summed E-state index contributed by atoms with van der Waals surface area (Å²) in [6, 6.07) is 1.90. The van der Waals surface area contributed by atoms with E-state index in [1.165, 1.54) is 28.2 Å². The smallest absolute Gasteiger partial charge is 0.348 e. The maximum Gasteiger partial charge on any atom is 0.348 e. The van der Waals surface area contributed by atoms with Crippen LogP contribution in [0, 0.1) is 0 Å². The third-order valence-corrected chi connectivity index (χ3v) is 3.78. The molecule has 0 atom stereocenters. The van der Waals surface area contributed by atoms with Crippen LogP contribution in [0.15, 0.2) is 6.07 Å². The van der Waals surface area contributed by atoms with E-state index in [2.05, 4.69) is 6.92 Å². The summed E-state index contributed by atoms with van der Waals surface area (Å²) in [5, 5.41) is 5.46. The lowest BCUT2D eigenvalue weighted by Crippen LogP contribution is -2.10. The molecule has 0 aliphatic carbocycles. The van der Waals surface area contributed by atoms with E-state index in [1.807, 2.05) is 19.9 Å². The Bertz CT molecular complexity index is 361. The van der Waals surface area contributed by atoms with Gasteiger partial charge in [0.05, 0.1) is 6.10 Å². The zero-order valence-corrected chi connectivity index (χ0v) is 11.4. The van der Waals surface area contributed by atoms with Gasteiger partial charge in [0.15, 0.2) is 0 Å². The first-order chi connectivity index (χ1) is 7.58. The van der Waals surface area contributed by atoms with E-state index in [9.17, 15) is 4.79 Å². The first kappa shape index (κ1) is 13.5. The van der Waals surface area contributed by atoms with E-state index in [0.29, 0.717) is 4.88 Å². The highest BCUT2D eigenvalue weighted by Crippen LogP contribution is 2.26. The Morgan fingerprint density at radius 2 is 2.31 bits per heavy atom. The highest BCUT2D eigenvalue weighted by atomic mass is 32.2. The van der Waals surface area contributed by atoms with Crippen molar-refractivity contribution in [3.63, 3.8) is 0 Å². The van der Waals surface area contributed by atoms with E-state index in [1.54, 1.807) is 0 Å². The molecule has 1 heterocycles. The van der Waals surface area contributed by atoms with Gasteiger partial charge in [-0.15, -0.1) is 11.3 Å². The summed E-state index contributed by atoms with van der Waals surface area (Å²) >= 11 is 2.78. The second kappa shape index (κ2) is 6.27. The minimum absolute atomic E-state index is 0.0768. The van der Waals surface area contributed by atoms with Gasteiger partial charge in [0.2, 0.25) is 0 Å². The fourth-order valence-corrected chi connectivity index (χ4v) is 2.88. The number of carbonyl (C=O) groups excluding carboxylic acids is 1. The van der Waals surface area contributed by atoms with E-state index < -0.39 is 0 Å². The van der Waals surface area contributed by atoms with Crippen molar-refractivity contribution in [3.8, 4) is 0 Å². The van der Waals surface area contributed by atoms with Crippen molar-refractivity contribution in [1.29, 1.82) is 0 Å². The molecule has 1 aromatic rings. The molecule has 0 bridgehead atoms. The number of thiophene rings is 1. The lowest BCUT2D eigenvalue weighted by molar-refractivity contribution is 0.0384. The molecule has 3 nitrogen and oxygen atoms in total. The molecule has 0 unspecified atom stereocenters. The van der Waals surface area contributed by atoms with Crippen molar-refractivity contribution < 1.29 is 9.53 Å². The molecule has 1 rings (SSSR count). The molecule has 5 heteroatoms. The van der Waals surface area contributed by atoms with Gasteiger partial charge in [0, 0.05) is 10.6 Å². The van der Waals surface area contributed by atoms with Gasteiger partial charge in [-0.2, -0.15) is 0 Å². The Hall–Kier alpha value is -0.520. The van der Waals surface area contributed by atoms with Gasteiger partial charge < -0.3 is 4.74 Å². The van der Waals surface area contributed by atoms with Gasteiger partial charge in [0.25, 0.3) is 0 Å². The maximum absolute atomic E-state index is 11.7. The summed E-state index contributed by atoms with van der Waals surface area (Å²) in [6.45, 7) is 5.78. The van der Waals surface area contributed by atoms with Crippen molar-refractivity contribution in [3.05, 3.63) is 21.4 Å². The minimum Gasteiger partial charge on any atom is -0.459 e. The first-order valence-corrected chi connectivity index (χ1v) is 7.09. The van der Waals surface area contributed by atoms with Gasteiger partial charge in [-0.3, -0.25) is 5.14 Å². The van der Waals surface area contributed by atoms with Crippen molar-refractivity contribution in [2.24, 2.45) is 5.14 Å². The number of carbonyl (C=O) groups is 1. The Labute approximate surface area is 104 Å². The molecule has 2 N–H and O–H groups in total. The first-order valence-electron chi connectivity index (χ1n) is 5.22. The lowest BCUT2D eigenvalue weighted by Gasteiger charge is -2.05. The van der Waals surface area contributed by atoms with Crippen LogP contribution in [-0.4, -0.2) is 12.1 Å². The summed E-state index contributed by atoms with van der Waals surface area (Å²) < 4.78 is 5.16. The summed E-state index contributed by atoms with van der Waals surface area (Å²) in [6.07, 6.45) is 0.849. The molecular weight excluding hydrogens is 242 g/mol. The molecular formula is C11H17NO2S2. The van der Waals surface area contributed by atoms with E-state index >= 15 is 0 Å². The normalized spacial score (nSPS) is 10.8. The zero-order valence-electron chi connectivity index (χ0n) is 9.78. The number of ether oxygens (including phenoxy) is 1. The standard InChI is InChI=1S/C11H17NO2S2/c1-4-9-8(6-15-12)5-10(16-9)11(13)14-7(2)3/h5,7H,4,6,12H2,1-3H3. The van der Waals surface area contributed by atoms with Crippen LogP contribution < -0.4 is 5.14 Å². The van der Waals surface area contributed by atoms with Gasteiger partial charge in [-0.25, -0.2) is 4.79 Å². The molecule has 0 spiro atoms. The molecule has 16 heavy (non-hydrogen) atoms. The monoisotopic (exact) mass is 259 g/mol. The molecule has 0 saturated heterocycles. The van der Waals surface area contributed by atoms with Crippen molar-refractivity contribution >= 4 is 29.3 Å². The molecule has 0 aliphatic rings. The summed E-state index contributed by atoms with van der Waals surface area (Å²) in [5.74, 6) is 0.511. The van der Waals surface area contributed by atoms with Crippen molar-refractivity contribution in [1.82, 2.24) is 0 Å². The molecule has 0 aromatic carbocycles. The van der Waals surface area contributed by atoms with E-state index in [4.69, 9.17) is 9.88 Å². The van der Waals surface area contributed by atoms with Crippen LogP contribution in [0.3, 0.4) is 0 Å². The SMILES string of the molecule is CCc1sc(C(=O)OC(C)C)cc1CSN. The second-order valence-electron chi connectivity index (χ2n) is 3.68. The summed E-state index contributed by atoms with van der Waals surface area (Å²) in [7, 11) is 0. The fraction of sp³-hybridized carbons (Fsp3) is 0.545. The highest BCUT2D eigenvalue weighted by Gasteiger charge is 2.15. The number of aryl methyl sites for hydroxylation is 1. The van der Waals surface area contributed by atoms with Gasteiger partial charge in [0.1, 0.15) is 4.88 Å². The number of hydrogen-bond acceptors (Lipinski definition) is 5. The van der Waals surface area contributed by atoms with E-state index in [0.717, 1.165) is 17.7 Å². The number of rotatable bonds is 5. The average Bonchev–Trinajstić information content (AvgIpc) is 2.61. The van der Waals surface area contributed by atoms with Crippen LogP contribution in [0.1, 0.15) is 40.9 Å². The molecule has 0 aliphatic heterocycles. The molecule has 0 saturated carbocycles. The number of esters is 1. The third kappa shape index (κ3) is 3.50. The summed E-state index contributed by atoms with van der Waals surface area (Å²) in [4.78, 5) is 13.6. The largest absolute Gasteiger partial charge is 0.459 e. The highest BCUT2D eigenvalue weighted by molar-refractivity contribution is 7.96. The Kier molecular flexibility index (Phi) is 5.31. The molecule has 0 fully saturated rings. The molecule has 90 valence electrons. The van der Waals surface area contributed by atoms with Gasteiger partial charge in [-0.05, 0) is 31.9 Å². The van der Waals surface area contributed by atoms with Crippen LogP contribution in [0.4, 0.5) is 0 Å². The van der Waals surface area contributed by atoms with Crippen LogP contribution in [0.5, 0.6) is 0 Å². The second-order valence-corrected chi connectivity index (χ2v) is 5.44. The lowest BCUT2D eigenvalue weighted by atomic mass is 10.2. The van der Waals surface area contributed by atoms with E-state index in [-0.39, 0.29) is 12.1 Å². The minimum atomic E-state index is -0.233. The van der Waals surface area contributed by atoms with Gasteiger partial charge in [-0.1, -0.05) is 18.9 Å². The number of nitrogens with two attached hydrogens (primary N) is 1. The van der Waals surface area contributed by atoms with Crippen molar-refractivity contribution in [2.75, 3.05) is 0 Å². The topological polar surface area (TPSA) is 52.3 Å². The Morgan fingerprint density at radius 1 is 1.62 bits per heavy atom. The Balaban J connectivity index is 2.85. The predicted molar refractivity (Wildman–Crippen MR) is 69.7 cm³/mol. The quantitative estimate of drug-likeness (QED) is 0.652. The zero-order chi connectivity index (χ0) is 12.1.